The zero-order valence-electron chi connectivity index (χ0n) is 26.0. The fourth-order valence-corrected chi connectivity index (χ4v) is 6.79. The summed E-state index contributed by atoms with van der Waals surface area (Å²) in [6, 6.07) is -0.175. The molecule has 1 atom stereocenters. The average Bonchev–Trinajstić information content (AvgIpc) is 3.20. The predicted octanol–water partition coefficient (Wildman–Crippen LogP) is 6.82. The van der Waals surface area contributed by atoms with Crippen molar-refractivity contribution in [3.63, 3.8) is 0 Å². The smallest absolute Gasteiger partial charge is 0.305 e. The van der Waals surface area contributed by atoms with E-state index in [2.05, 4.69) is 44.8 Å². The second kappa shape index (κ2) is 13.1. The molecule has 4 rings (SSSR count). The molecule has 2 N–H and O–H groups in total. The van der Waals surface area contributed by atoms with E-state index in [1.165, 1.54) is 6.08 Å². The van der Waals surface area contributed by atoms with Crippen molar-refractivity contribution in [3.05, 3.63) is 46.9 Å². The van der Waals surface area contributed by atoms with Gasteiger partial charge in [-0.2, -0.15) is 0 Å². The van der Waals surface area contributed by atoms with Crippen molar-refractivity contribution in [3.8, 4) is 0 Å². The van der Waals surface area contributed by atoms with Gasteiger partial charge in [-0.15, -0.1) is 0 Å². The minimum absolute atomic E-state index is 0.0627. The molecule has 42 heavy (non-hydrogen) atoms. The highest BCUT2D eigenvalue weighted by Crippen LogP contribution is 2.47. The van der Waals surface area contributed by atoms with Crippen LogP contribution in [0.25, 0.3) is 0 Å². The van der Waals surface area contributed by atoms with Crippen molar-refractivity contribution in [2.75, 3.05) is 6.54 Å². The van der Waals surface area contributed by atoms with E-state index in [-0.39, 0.29) is 42.1 Å². The Labute approximate surface area is 250 Å². The quantitative estimate of drug-likeness (QED) is 0.296. The van der Waals surface area contributed by atoms with E-state index in [0.29, 0.717) is 54.4 Å². The Balaban J connectivity index is 1.68. The van der Waals surface area contributed by atoms with Crippen LogP contribution in [0.15, 0.2) is 51.8 Å². The van der Waals surface area contributed by atoms with Gasteiger partial charge in [0, 0.05) is 12.1 Å². The number of nitrogens with zero attached hydrogens (tertiary/aromatic N) is 2. The molecule has 1 spiro atoms. The van der Waals surface area contributed by atoms with E-state index in [1.807, 2.05) is 12.2 Å². The normalized spacial score (nSPS) is 25.5. The van der Waals surface area contributed by atoms with Crippen LogP contribution in [-0.2, 0) is 14.4 Å². The minimum Gasteiger partial charge on any atom is -0.481 e. The van der Waals surface area contributed by atoms with Gasteiger partial charge in [-0.25, -0.2) is 4.39 Å². The molecule has 0 radical (unpaired) electrons. The van der Waals surface area contributed by atoms with Crippen LogP contribution in [0, 0.1) is 17.3 Å². The van der Waals surface area contributed by atoms with Gasteiger partial charge in [0.2, 0.25) is 5.91 Å². The number of amides is 2. The van der Waals surface area contributed by atoms with Gasteiger partial charge < -0.3 is 15.3 Å². The fraction of sp³-hybridized carbons (Fsp3) is 0.647. The summed E-state index contributed by atoms with van der Waals surface area (Å²) in [7, 11) is 0. The number of carbonyl (C=O) groups is 3. The first-order valence-corrected chi connectivity index (χ1v) is 15.7. The summed E-state index contributed by atoms with van der Waals surface area (Å²) in [5, 5.41) is 11.6. The minimum atomic E-state index is -0.951. The molecule has 1 heterocycles. The Bertz CT molecular complexity index is 1230. The molecule has 0 aromatic rings. The number of aliphatic carboxylic acids is 1. The van der Waals surface area contributed by atoms with E-state index in [1.54, 1.807) is 6.08 Å². The van der Waals surface area contributed by atoms with Crippen LogP contribution in [0.2, 0.25) is 0 Å². The lowest BCUT2D eigenvalue weighted by atomic mass is 9.75. The first-order chi connectivity index (χ1) is 19.8. The number of rotatable bonds is 10. The largest absolute Gasteiger partial charge is 0.481 e. The second-order valence-electron chi connectivity index (χ2n) is 13.9. The van der Waals surface area contributed by atoms with Crippen LogP contribution in [0.3, 0.4) is 0 Å². The SMILES string of the molecule is CC(C)C1CCC2(CC1)N=C(C1=CC(F)=CCC1)C(=O)N2C(CCC(C)(C)C)C1=CC=C(C(=O)NCCC(=O)O)CC1. The van der Waals surface area contributed by atoms with Crippen LogP contribution in [-0.4, -0.2) is 51.8 Å². The van der Waals surface area contributed by atoms with E-state index >= 15 is 0 Å². The molecule has 0 aromatic carbocycles. The fourth-order valence-electron chi connectivity index (χ4n) is 6.79. The molecule has 0 aromatic heterocycles. The highest BCUT2D eigenvalue weighted by molar-refractivity contribution is 6.47. The predicted molar refractivity (Wildman–Crippen MR) is 163 cm³/mol. The summed E-state index contributed by atoms with van der Waals surface area (Å²) in [6.07, 6.45) is 14.3. The zero-order chi connectivity index (χ0) is 30.7. The number of carboxylic acid groups (broad SMARTS) is 1. The molecular weight excluding hydrogens is 533 g/mol. The van der Waals surface area contributed by atoms with Crippen molar-refractivity contribution >= 4 is 23.5 Å². The maximum atomic E-state index is 14.4. The Hall–Kier alpha value is -3.03. The molecule has 1 unspecified atom stereocenters. The number of carbonyl (C=O) groups excluding carboxylic acids is 2. The molecule has 230 valence electrons. The topological polar surface area (TPSA) is 99.1 Å². The van der Waals surface area contributed by atoms with Gasteiger partial charge in [0.15, 0.2) is 0 Å². The molecule has 3 aliphatic carbocycles. The third-order valence-corrected chi connectivity index (χ3v) is 9.34. The van der Waals surface area contributed by atoms with E-state index in [4.69, 9.17) is 10.1 Å². The van der Waals surface area contributed by atoms with Gasteiger partial charge in [0.1, 0.15) is 17.2 Å². The molecule has 1 fully saturated rings. The summed E-state index contributed by atoms with van der Waals surface area (Å²) in [6.45, 7) is 11.2. The average molecular weight is 582 g/mol. The molecule has 1 saturated carbocycles. The van der Waals surface area contributed by atoms with Gasteiger partial charge >= 0.3 is 5.97 Å². The number of nitrogens with one attached hydrogen (secondary N) is 1. The summed E-state index contributed by atoms with van der Waals surface area (Å²) < 4.78 is 14.3. The summed E-state index contributed by atoms with van der Waals surface area (Å²) in [5.41, 5.74) is 2.27. The van der Waals surface area contributed by atoms with Crippen LogP contribution in [0.4, 0.5) is 4.39 Å². The van der Waals surface area contributed by atoms with Crippen molar-refractivity contribution in [1.82, 2.24) is 10.2 Å². The van der Waals surface area contributed by atoms with E-state index in [9.17, 15) is 18.8 Å². The molecule has 2 amide bonds. The first kappa shape index (κ1) is 31.9. The van der Waals surface area contributed by atoms with Gasteiger partial charge in [-0.3, -0.25) is 19.4 Å². The molecule has 8 heteroatoms. The van der Waals surface area contributed by atoms with Crippen molar-refractivity contribution < 1.29 is 23.9 Å². The zero-order valence-corrected chi connectivity index (χ0v) is 26.0. The lowest BCUT2D eigenvalue weighted by Gasteiger charge is -2.47. The molecule has 0 saturated heterocycles. The number of hydrogen-bond donors (Lipinski definition) is 2. The van der Waals surface area contributed by atoms with Gasteiger partial charge in [-0.1, -0.05) is 46.8 Å². The van der Waals surface area contributed by atoms with Crippen LogP contribution < -0.4 is 5.32 Å². The standard InChI is InChI=1S/C34H48FN3O4/c1-22(2)23-13-18-34(19-14-23)37-30(26-7-6-8-27(35)21-26)32(42)38(34)28(15-17-33(3,4)5)24-9-11-25(12-10-24)31(41)36-20-16-29(39)40/h8-9,11,21-23,28H,6-7,10,12-20H2,1-5H3,(H,36,41)(H,39,40). The van der Waals surface area contributed by atoms with Crippen molar-refractivity contribution in [1.29, 1.82) is 0 Å². The Morgan fingerprint density at radius 2 is 1.88 bits per heavy atom. The third kappa shape index (κ3) is 7.48. The van der Waals surface area contributed by atoms with Gasteiger partial charge in [-0.05, 0) is 105 Å². The van der Waals surface area contributed by atoms with Crippen molar-refractivity contribution in [2.45, 2.75) is 117 Å². The number of halogens is 1. The Morgan fingerprint density at radius 3 is 2.45 bits per heavy atom. The Morgan fingerprint density at radius 1 is 1.17 bits per heavy atom. The lowest BCUT2D eigenvalue weighted by molar-refractivity contribution is -0.137. The van der Waals surface area contributed by atoms with Crippen molar-refractivity contribution in [2.24, 2.45) is 22.2 Å². The third-order valence-electron chi connectivity index (χ3n) is 9.34. The maximum absolute atomic E-state index is 14.4. The Kier molecular flexibility index (Phi) is 9.94. The van der Waals surface area contributed by atoms with Crippen LogP contribution in [0.1, 0.15) is 105 Å². The monoisotopic (exact) mass is 581 g/mol. The summed E-state index contributed by atoms with van der Waals surface area (Å²) in [4.78, 5) is 45.2. The molecule has 7 nitrogen and oxygen atoms in total. The number of aliphatic imine (C=N–C) groups is 1. The molecule has 4 aliphatic rings. The summed E-state index contributed by atoms with van der Waals surface area (Å²) in [5.74, 6) is -0.440. The molecule has 1 aliphatic heterocycles. The van der Waals surface area contributed by atoms with E-state index < -0.39 is 11.6 Å². The van der Waals surface area contributed by atoms with Gasteiger partial charge in [0.05, 0.1) is 12.5 Å². The van der Waals surface area contributed by atoms with Crippen LogP contribution in [0.5, 0.6) is 0 Å². The van der Waals surface area contributed by atoms with Crippen LogP contribution >= 0.6 is 0 Å². The number of allylic oxidation sites excluding steroid dienone is 5. The maximum Gasteiger partial charge on any atom is 0.305 e. The first-order valence-electron chi connectivity index (χ1n) is 15.7. The summed E-state index contributed by atoms with van der Waals surface area (Å²) >= 11 is 0. The molecule has 0 bridgehead atoms. The second-order valence-corrected chi connectivity index (χ2v) is 13.9. The molecular formula is C34H48FN3O4. The highest BCUT2D eigenvalue weighted by atomic mass is 19.1. The van der Waals surface area contributed by atoms with E-state index in [0.717, 1.165) is 44.1 Å². The lowest BCUT2D eigenvalue weighted by Crippen LogP contribution is -2.55. The highest BCUT2D eigenvalue weighted by Gasteiger charge is 2.52. The number of hydrogen-bond acceptors (Lipinski definition) is 4. The van der Waals surface area contributed by atoms with Gasteiger partial charge in [0.25, 0.3) is 5.91 Å². The number of carboxylic acids is 1.